The van der Waals surface area contributed by atoms with Crippen LogP contribution in [-0.4, -0.2) is 43.2 Å². The molecule has 4 aromatic rings. The monoisotopic (exact) mass is 592 g/mol. The molecule has 0 saturated heterocycles. The molecule has 0 atom stereocenters. The van der Waals surface area contributed by atoms with Crippen LogP contribution < -0.4 is 10.2 Å². The summed E-state index contributed by atoms with van der Waals surface area (Å²) in [5.41, 5.74) is 3.51. The first-order valence-corrected chi connectivity index (χ1v) is 10.8. The smallest absolute Gasteiger partial charge is 0.857 e. The maximum atomic E-state index is 11.7. The summed E-state index contributed by atoms with van der Waals surface area (Å²) in [4.78, 5) is 15.9. The third kappa shape index (κ3) is 9.76. The Bertz CT molecular complexity index is 1130. The van der Waals surface area contributed by atoms with Crippen LogP contribution in [-0.2, 0) is 27.3 Å². The Kier molecular flexibility index (Phi) is 12.3. The number of pyridine rings is 4. The summed E-state index contributed by atoms with van der Waals surface area (Å²) in [7, 11) is 0. The zero-order valence-electron chi connectivity index (χ0n) is 20.3. The van der Waals surface area contributed by atoms with E-state index in [0.29, 0.717) is 33.9 Å². The fourth-order valence-electron chi connectivity index (χ4n) is 2.60. The SMILES string of the molecule is C/C(=N\N=C(/[O-])c1ccncc1)c1ccccn1.C/C(=N\N=C(/[O-])c1ccncc1)c1ccccn1.[Cd+2]. The van der Waals surface area contributed by atoms with Crippen molar-refractivity contribution in [2.24, 2.45) is 20.4 Å². The van der Waals surface area contributed by atoms with Crippen molar-refractivity contribution < 1.29 is 37.5 Å². The van der Waals surface area contributed by atoms with Gasteiger partial charge in [-0.1, -0.05) is 12.1 Å². The molecule has 0 unspecified atom stereocenters. The molecule has 0 aliphatic rings. The molecule has 0 radical (unpaired) electrons. The molecule has 180 valence electrons. The van der Waals surface area contributed by atoms with Crippen LogP contribution in [0.15, 0.2) is 118 Å². The van der Waals surface area contributed by atoms with E-state index in [-0.39, 0.29) is 27.3 Å². The van der Waals surface area contributed by atoms with Gasteiger partial charge < -0.3 is 10.2 Å². The maximum Gasteiger partial charge on any atom is 2.00 e. The quantitative estimate of drug-likeness (QED) is 0.145. The zero-order chi connectivity index (χ0) is 25.6. The second-order valence-electron chi connectivity index (χ2n) is 7.08. The fourth-order valence-corrected chi connectivity index (χ4v) is 2.60. The van der Waals surface area contributed by atoms with Crippen LogP contribution >= 0.6 is 0 Å². The minimum absolute atomic E-state index is 0. The topological polar surface area (TPSA) is 147 Å². The minimum atomic E-state index is -0.396. The van der Waals surface area contributed by atoms with Crippen molar-refractivity contribution in [1.29, 1.82) is 0 Å². The average molecular weight is 591 g/mol. The predicted octanol–water partition coefficient (Wildman–Crippen LogP) is 2.01. The van der Waals surface area contributed by atoms with Gasteiger partial charge in [-0.05, 0) is 73.5 Å². The first-order valence-electron chi connectivity index (χ1n) is 10.8. The van der Waals surface area contributed by atoms with Crippen LogP contribution in [0.4, 0.5) is 0 Å². The largest absolute Gasteiger partial charge is 2.00 e. The van der Waals surface area contributed by atoms with E-state index >= 15 is 0 Å². The van der Waals surface area contributed by atoms with E-state index in [1.807, 2.05) is 36.4 Å². The van der Waals surface area contributed by atoms with Gasteiger partial charge in [0.1, 0.15) is 0 Å². The molecule has 4 rings (SSSR count). The zero-order valence-corrected chi connectivity index (χ0v) is 24.4. The van der Waals surface area contributed by atoms with Crippen molar-refractivity contribution in [3.05, 3.63) is 120 Å². The van der Waals surface area contributed by atoms with Crippen LogP contribution in [0.1, 0.15) is 36.4 Å². The van der Waals surface area contributed by atoms with Crippen molar-refractivity contribution in [3.8, 4) is 0 Å². The predicted molar refractivity (Wildman–Crippen MR) is 134 cm³/mol. The standard InChI is InChI=1S/2C13H12N4O.Cd/c2*1-10(12-4-2-3-7-15-12)16-17-13(18)11-5-8-14-9-6-11;/h2*2-9H,1H3,(H,17,18);/q;;+2/p-2/b2*16-10+;. The third-order valence-corrected chi connectivity index (χ3v) is 4.51. The van der Waals surface area contributed by atoms with Gasteiger partial charge in [-0.25, -0.2) is 0 Å². The first kappa shape index (κ1) is 29.0. The summed E-state index contributed by atoms with van der Waals surface area (Å²) in [5, 5.41) is 38.4. The molecule has 0 aliphatic carbocycles. The van der Waals surface area contributed by atoms with Crippen molar-refractivity contribution in [1.82, 2.24) is 19.9 Å². The molecule has 0 saturated carbocycles. The molecule has 0 amide bonds. The molecule has 4 heterocycles. The van der Waals surface area contributed by atoms with Gasteiger partial charge in [-0.15, -0.1) is 0 Å². The van der Waals surface area contributed by atoms with Crippen LogP contribution in [0.2, 0.25) is 0 Å². The van der Waals surface area contributed by atoms with E-state index < -0.39 is 11.8 Å². The van der Waals surface area contributed by atoms with Gasteiger partial charge in [0.2, 0.25) is 0 Å². The normalized spacial score (nSPS) is 12.2. The van der Waals surface area contributed by atoms with E-state index in [0.717, 1.165) is 0 Å². The molecule has 0 aromatic carbocycles. The van der Waals surface area contributed by atoms with Crippen molar-refractivity contribution in [2.75, 3.05) is 0 Å². The summed E-state index contributed by atoms with van der Waals surface area (Å²) in [6, 6.07) is 17.3. The summed E-state index contributed by atoms with van der Waals surface area (Å²) >= 11 is 0. The molecule has 0 N–H and O–H groups in total. The number of hydrogen-bond donors (Lipinski definition) is 0. The summed E-state index contributed by atoms with van der Waals surface area (Å²) in [6.07, 6.45) is 9.49. The molecule has 0 spiro atoms. The molecule has 0 bridgehead atoms. The number of rotatable bonds is 6. The molecular formula is C26H22CdN8O2. The molecule has 4 aromatic heterocycles. The van der Waals surface area contributed by atoms with Gasteiger partial charge in [0.15, 0.2) is 0 Å². The van der Waals surface area contributed by atoms with E-state index in [1.54, 1.807) is 50.5 Å². The summed E-state index contributed by atoms with van der Waals surface area (Å²) < 4.78 is 0. The second-order valence-corrected chi connectivity index (χ2v) is 7.08. The Morgan fingerprint density at radius 2 is 0.919 bits per heavy atom. The summed E-state index contributed by atoms with van der Waals surface area (Å²) in [5.74, 6) is -0.791. The Balaban J connectivity index is 0.000000253. The number of aromatic nitrogens is 4. The Hall–Kier alpha value is -4.20. The van der Waals surface area contributed by atoms with Crippen molar-refractivity contribution >= 4 is 23.2 Å². The van der Waals surface area contributed by atoms with E-state index in [9.17, 15) is 10.2 Å². The van der Waals surface area contributed by atoms with Gasteiger partial charge in [0.25, 0.3) is 0 Å². The molecule has 0 fully saturated rings. The third-order valence-electron chi connectivity index (χ3n) is 4.51. The minimum Gasteiger partial charge on any atom is -0.857 e. The Morgan fingerprint density at radius 1 is 0.541 bits per heavy atom. The summed E-state index contributed by atoms with van der Waals surface area (Å²) in [6.45, 7) is 3.51. The second kappa shape index (κ2) is 15.7. The van der Waals surface area contributed by atoms with Gasteiger partial charge in [-0.3, -0.25) is 19.9 Å². The van der Waals surface area contributed by atoms with Gasteiger partial charge >= 0.3 is 27.3 Å². The number of hydrogen-bond acceptors (Lipinski definition) is 10. The van der Waals surface area contributed by atoms with Crippen LogP contribution in [0, 0.1) is 0 Å². The molecule has 11 heteroatoms. The number of nitrogens with zero attached hydrogens (tertiary/aromatic N) is 8. The van der Waals surface area contributed by atoms with E-state index in [1.165, 1.54) is 24.8 Å². The van der Waals surface area contributed by atoms with Gasteiger partial charge in [0.05, 0.1) is 22.8 Å². The molecule has 37 heavy (non-hydrogen) atoms. The van der Waals surface area contributed by atoms with Gasteiger partial charge in [-0.2, -0.15) is 20.4 Å². The van der Waals surface area contributed by atoms with Crippen LogP contribution in [0.25, 0.3) is 0 Å². The van der Waals surface area contributed by atoms with Gasteiger partial charge in [0, 0.05) is 49.0 Å². The molecule has 0 aliphatic heterocycles. The van der Waals surface area contributed by atoms with Crippen LogP contribution in [0.3, 0.4) is 0 Å². The average Bonchev–Trinajstić information content (AvgIpc) is 2.96. The molecule has 10 nitrogen and oxygen atoms in total. The van der Waals surface area contributed by atoms with Crippen molar-refractivity contribution in [3.63, 3.8) is 0 Å². The van der Waals surface area contributed by atoms with E-state index in [2.05, 4.69) is 40.3 Å². The maximum absolute atomic E-state index is 11.7. The van der Waals surface area contributed by atoms with Crippen molar-refractivity contribution in [2.45, 2.75) is 13.8 Å². The Labute approximate surface area is 234 Å². The first-order chi connectivity index (χ1) is 17.5. The van der Waals surface area contributed by atoms with Crippen LogP contribution in [0.5, 0.6) is 0 Å². The Morgan fingerprint density at radius 3 is 1.24 bits per heavy atom. The fraction of sp³-hybridized carbons (Fsp3) is 0.0769. The molecular weight excluding hydrogens is 569 g/mol. The van der Waals surface area contributed by atoms with E-state index in [4.69, 9.17) is 0 Å².